The average Bonchev–Trinajstić information content (AvgIpc) is 3.23. The summed E-state index contributed by atoms with van der Waals surface area (Å²) in [6.07, 6.45) is 1.67. The Labute approximate surface area is 178 Å². The van der Waals surface area contributed by atoms with E-state index in [2.05, 4.69) is 20.8 Å². The van der Waals surface area contributed by atoms with E-state index in [1.165, 1.54) is 12.1 Å². The zero-order chi connectivity index (χ0) is 20.4. The molecule has 1 saturated heterocycles. The molecule has 4 rings (SSSR count). The van der Waals surface area contributed by atoms with Crippen LogP contribution in [0.15, 0.2) is 77.3 Å². The normalized spacial score (nSPS) is 17.6. The maximum atomic E-state index is 14.5. The number of nitrogens with zero attached hydrogens (tertiary/aromatic N) is 1. The van der Waals surface area contributed by atoms with Gasteiger partial charge in [0, 0.05) is 18.2 Å². The Morgan fingerprint density at radius 1 is 0.966 bits per heavy atom. The van der Waals surface area contributed by atoms with Gasteiger partial charge in [-0.3, -0.25) is 4.90 Å². The summed E-state index contributed by atoms with van der Waals surface area (Å²) in [5.41, 5.74) is 0.621. The molecule has 1 aliphatic rings. The van der Waals surface area contributed by atoms with Crippen molar-refractivity contribution < 1.29 is 14.6 Å². The van der Waals surface area contributed by atoms with Crippen LogP contribution in [0.25, 0.3) is 0 Å². The molecule has 0 radical (unpaired) electrons. The molecule has 0 unspecified atom stereocenters. The molecule has 1 fully saturated rings. The van der Waals surface area contributed by atoms with E-state index in [0.717, 1.165) is 30.5 Å². The van der Waals surface area contributed by atoms with Crippen LogP contribution >= 0.6 is 15.9 Å². The molecular weight excluding hydrogens is 433 g/mol. The molecule has 2 N–H and O–H groups in total. The lowest BCUT2D eigenvalue weighted by molar-refractivity contribution is -0.00704. The summed E-state index contributed by atoms with van der Waals surface area (Å²) in [4.78, 5) is 2.07. The van der Waals surface area contributed by atoms with Gasteiger partial charge in [-0.25, -0.2) is 4.39 Å². The van der Waals surface area contributed by atoms with Crippen molar-refractivity contribution >= 4 is 15.9 Å². The lowest BCUT2D eigenvalue weighted by Crippen LogP contribution is -2.48. The predicted octanol–water partition coefficient (Wildman–Crippen LogP) is 5.19. The van der Waals surface area contributed by atoms with E-state index >= 15 is 0 Å². The van der Waals surface area contributed by atoms with E-state index < -0.39 is 11.4 Å². The largest absolute Gasteiger partial charge is 0.506 e. The summed E-state index contributed by atoms with van der Waals surface area (Å²) in [5, 5.41) is 22.5. The minimum atomic E-state index is -1.24. The molecule has 150 valence electrons. The van der Waals surface area contributed by atoms with Crippen LogP contribution in [0.2, 0.25) is 0 Å². The fourth-order valence-corrected chi connectivity index (χ4v) is 4.73. The van der Waals surface area contributed by atoms with Gasteiger partial charge in [-0.1, -0.05) is 60.7 Å². The monoisotopic (exact) mass is 455 g/mol. The SMILES string of the molecule is Oc1c(Br)ccc(F)c1CN1CCC[C@@H]1C(O)(c1ccccc1)c1ccccc1. The number of likely N-dealkylation sites (tertiary alicyclic amines) is 1. The Morgan fingerprint density at radius 3 is 2.14 bits per heavy atom. The maximum absolute atomic E-state index is 14.5. The number of phenols is 1. The quantitative estimate of drug-likeness (QED) is 0.555. The summed E-state index contributed by atoms with van der Waals surface area (Å²) in [6, 6.07) is 21.9. The van der Waals surface area contributed by atoms with E-state index in [1.54, 1.807) is 0 Å². The third kappa shape index (κ3) is 3.70. The number of benzene rings is 3. The first-order chi connectivity index (χ1) is 14.0. The van der Waals surface area contributed by atoms with E-state index in [0.29, 0.717) is 4.47 Å². The van der Waals surface area contributed by atoms with Gasteiger partial charge in [-0.15, -0.1) is 0 Å². The van der Waals surface area contributed by atoms with Crippen molar-refractivity contribution in [3.63, 3.8) is 0 Å². The number of rotatable bonds is 5. The van der Waals surface area contributed by atoms with Crippen molar-refractivity contribution in [3.05, 3.63) is 99.8 Å². The topological polar surface area (TPSA) is 43.7 Å². The molecule has 0 saturated carbocycles. The van der Waals surface area contributed by atoms with Gasteiger partial charge in [-0.2, -0.15) is 0 Å². The molecule has 1 heterocycles. The molecule has 1 atom stereocenters. The maximum Gasteiger partial charge on any atom is 0.137 e. The lowest BCUT2D eigenvalue weighted by Gasteiger charge is -2.40. The first kappa shape index (κ1) is 20.1. The number of hydrogen-bond acceptors (Lipinski definition) is 3. The summed E-state index contributed by atoms with van der Waals surface area (Å²) in [7, 11) is 0. The standard InChI is InChI=1S/C24H23BrFNO2/c25-20-13-14-21(26)19(23(20)28)16-27-15-7-12-22(27)24(29,17-8-3-1-4-9-17)18-10-5-2-6-11-18/h1-6,8-11,13-14,22,28-29H,7,12,15-16H2/t22-/m1/s1. The second kappa shape index (κ2) is 8.27. The fraction of sp³-hybridized carbons (Fsp3) is 0.250. The van der Waals surface area contributed by atoms with Crippen LogP contribution in [-0.2, 0) is 12.1 Å². The highest BCUT2D eigenvalue weighted by atomic mass is 79.9. The van der Waals surface area contributed by atoms with Gasteiger partial charge in [0.1, 0.15) is 17.2 Å². The molecule has 5 heteroatoms. The number of aliphatic hydroxyl groups is 1. The van der Waals surface area contributed by atoms with E-state index in [4.69, 9.17) is 0 Å². The van der Waals surface area contributed by atoms with Crippen LogP contribution in [0, 0.1) is 5.82 Å². The van der Waals surface area contributed by atoms with Gasteiger partial charge in [-0.05, 0) is 58.6 Å². The lowest BCUT2D eigenvalue weighted by atomic mass is 9.79. The average molecular weight is 456 g/mol. The molecule has 0 spiro atoms. The fourth-order valence-electron chi connectivity index (χ4n) is 4.36. The van der Waals surface area contributed by atoms with Crippen LogP contribution in [0.5, 0.6) is 5.75 Å². The summed E-state index contributed by atoms with van der Waals surface area (Å²) < 4.78 is 14.9. The Bertz CT molecular complexity index is 941. The molecule has 0 amide bonds. The van der Waals surface area contributed by atoms with Crippen LogP contribution in [0.3, 0.4) is 0 Å². The third-order valence-corrected chi connectivity index (χ3v) is 6.45. The number of aromatic hydroxyl groups is 1. The Balaban J connectivity index is 1.76. The third-order valence-electron chi connectivity index (χ3n) is 5.81. The molecule has 29 heavy (non-hydrogen) atoms. The Kier molecular flexibility index (Phi) is 5.72. The minimum Gasteiger partial charge on any atom is -0.506 e. The molecule has 0 bridgehead atoms. The predicted molar refractivity (Wildman–Crippen MR) is 115 cm³/mol. The highest BCUT2D eigenvalue weighted by Gasteiger charge is 2.45. The zero-order valence-electron chi connectivity index (χ0n) is 15.9. The molecule has 0 aliphatic carbocycles. The van der Waals surface area contributed by atoms with Gasteiger partial charge in [0.05, 0.1) is 4.47 Å². The summed E-state index contributed by atoms with van der Waals surface area (Å²) in [5.74, 6) is -0.530. The van der Waals surface area contributed by atoms with Crippen molar-refractivity contribution in [2.24, 2.45) is 0 Å². The van der Waals surface area contributed by atoms with Crippen LogP contribution in [0.4, 0.5) is 4.39 Å². The van der Waals surface area contributed by atoms with Gasteiger partial charge in [0.15, 0.2) is 0 Å². The van der Waals surface area contributed by atoms with Crippen molar-refractivity contribution in [3.8, 4) is 5.75 Å². The smallest absolute Gasteiger partial charge is 0.137 e. The van der Waals surface area contributed by atoms with Crippen LogP contribution in [0.1, 0.15) is 29.5 Å². The molecule has 3 aromatic carbocycles. The zero-order valence-corrected chi connectivity index (χ0v) is 17.5. The first-order valence-corrected chi connectivity index (χ1v) is 10.5. The van der Waals surface area contributed by atoms with Crippen molar-refractivity contribution in [2.75, 3.05) is 6.54 Å². The molecular formula is C24H23BrFNO2. The van der Waals surface area contributed by atoms with Gasteiger partial charge >= 0.3 is 0 Å². The number of phenolic OH excluding ortho intramolecular Hbond substituents is 1. The molecule has 0 aromatic heterocycles. The van der Waals surface area contributed by atoms with E-state index in [9.17, 15) is 14.6 Å². The van der Waals surface area contributed by atoms with Crippen molar-refractivity contribution in [1.29, 1.82) is 0 Å². The summed E-state index contributed by atoms with van der Waals surface area (Å²) in [6.45, 7) is 0.946. The van der Waals surface area contributed by atoms with E-state index in [-0.39, 0.29) is 23.9 Å². The minimum absolute atomic E-state index is 0.0846. The summed E-state index contributed by atoms with van der Waals surface area (Å²) >= 11 is 3.27. The Hall–Kier alpha value is -2.21. The molecule has 3 aromatic rings. The number of halogens is 2. The highest BCUT2D eigenvalue weighted by Crippen LogP contribution is 2.42. The Morgan fingerprint density at radius 2 is 1.55 bits per heavy atom. The second-order valence-corrected chi connectivity index (χ2v) is 8.34. The second-order valence-electron chi connectivity index (χ2n) is 7.48. The van der Waals surface area contributed by atoms with Crippen LogP contribution in [-0.4, -0.2) is 27.7 Å². The first-order valence-electron chi connectivity index (χ1n) is 9.75. The van der Waals surface area contributed by atoms with Gasteiger partial charge in [0.2, 0.25) is 0 Å². The number of hydrogen-bond donors (Lipinski definition) is 2. The van der Waals surface area contributed by atoms with Gasteiger partial charge < -0.3 is 10.2 Å². The molecule has 3 nitrogen and oxygen atoms in total. The van der Waals surface area contributed by atoms with Crippen molar-refractivity contribution in [1.82, 2.24) is 4.90 Å². The van der Waals surface area contributed by atoms with Gasteiger partial charge in [0.25, 0.3) is 0 Å². The molecule has 1 aliphatic heterocycles. The highest BCUT2D eigenvalue weighted by molar-refractivity contribution is 9.10. The van der Waals surface area contributed by atoms with Crippen molar-refractivity contribution in [2.45, 2.75) is 31.0 Å². The van der Waals surface area contributed by atoms with Crippen LogP contribution < -0.4 is 0 Å². The van der Waals surface area contributed by atoms with E-state index in [1.807, 2.05) is 60.7 Å².